The maximum absolute atomic E-state index is 12.2. The third-order valence-electron chi connectivity index (χ3n) is 3.68. The van der Waals surface area contributed by atoms with Crippen LogP contribution in [0.4, 0.5) is 0 Å². The lowest BCUT2D eigenvalue weighted by atomic mass is 9.97. The molecule has 0 radical (unpaired) electrons. The molecule has 0 spiro atoms. The highest BCUT2D eigenvalue weighted by Gasteiger charge is 2.22. The van der Waals surface area contributed by atoms with E-state index in [4.69, 9.17) is 5.73 Å². The van der Waals surface area contributed by atoms with E-state index < -0.39 is 0 Å². The van der Waals surface area contributed by atoms with E-state index in [9.17, 15) is 4.79 Å². The van der Waals surface area contributed by atoms with Gasteiger partial charge < -0.3 is 10.6 Å². The summed E-state index contributed by atoms with van der Waals surface area (Å²) >= 11 is 0. The molecule has 1 saturated heterocycles. The molecule has 2 rings (SSSR count). The van der Waals surface area contributed by atoms with Gasteiger partial charge in [0.05, 0.1) is 6.42 Å². The van der Waals surface area contributed by atoms with Gasteiger partial charge in [0.2, 0.25) is 5.91 Å². The van der Waals surface area contributed by atoms with E-state index in [1.165, 1.54) is 5.56 Å². The lowest BCUT2D eigenvalue weighted by Crippen LogP contribution is -2.42. The molecule has 0 bridgehead atoms. The van der Waals surface area contributed by atoms with Crippen LogP contribution in [0.2, 0.25) is 0 Å². The normalized spacial score (nSPS) is 18.8. The summed E-state index contributed by atoms with van der Waals surface area (Å²) in [6.45, 7) is 4.47. The molecule has 106 valence electrons. The van der Waals surface area contributed by atoms with E-state index in [-0.39, 0.29) is 18.3 Å². The summed E-state index contributed by atoms with van der Waals surface area (Å²) in [5.41, 5.74) is 8.02. The highest BCUT2D eigenvalue weighted by Crippen LogP contribution is 2.16. The number of carbonyl (C=O) groups excluding carboxylic acids is 1. The minimum absolute atomic E-state index is 0. The molecule has 1 fully saturated rings. The Morgan fingerprint density at radius 2 is 2.05 bits per heavy atom. The molecule has 1 atom stereocenters. The molecule has 0 saturated carbocycles. The lowest BCUT2D eigenvalue weighted by molar-refractivity contribution is -0.132. The van der Waals surface area contributed by atoms with E-state index in [0.29, 0.717) is 18.9 Å². The highest BCUT2D eigenvalue weighted by atomic mass is 35.5. The van der Waals surface area contributed by atoms with Crippen LogP contribution >= 0.6 is 12.4 Å². The number of halogens is 1. The van der Waals surface area contributed by atoms with Crippen molar-refractivity contribution >= 4 is 18.3 Å². The van der Waals surface area contributed by atoms with Gasteiger partial charge in [-0.15, -0.1) is 12.4 Å². The predicted octanol–water partition coefficient (Wildman–Crippen LogP) is 2.16. The minimum atomic E-state index is 0. The molecule has 19 heavy (non-hydrogen) atoms. The molecule has 2 N–H and O–H groups in total. The summed E-state index contributed by atoms with van der Waals surface area (Å²) < 4.78 is 0. The monoisotopic (exact) mass is 282 g/mol. The molecular formula is C15H23ClN2O. The molecular weight excluding hydrogens is 260 g/mol. The Kier molecular flexibility index (Phi) is 6.32. The van der Waals surface area contributed by atoms with Crippen molar-refractivity contribution in [2.45, 2.75) is 26.2 Å². The van der Waals surface area contributed by atoms with Gasteiger partial charge in [-0.1, -0.05) is 29.8 Å². The number of amides is 1. The van der Waals surface area contributed by atoms with Gasteiger partial charge in [-0.2, -0.15) is 0 Å². The van der Waals surface area contributed by atoms with Crippen molar-refractivity contribution in [2.75, 3.05) is 19.6 Å². The summed E-state index contributed by atoms with van der Waals surface area (Å²) in [7, 11) is 0. The Balaban J connectivity index is 0.00000180. The van der Waals surface area contributed by atoms with E-state index in [0.717, 1.165) is 31.5 Å². The maximum atomic E-state index is 12.2. The van der Waals surface area contributed by atoms with Crippen LogP contribution in [0.3, 0.4) is 0 Å². The van der Waals surface area contributed by atoms with Crippen LogP contribution < -0.4 is 5.73 Å². The molecule has 0 aliphatic carbocycles. The van der Waals surface area contributed by atoms with E-state index in [1.54, 1.807) is 0 Å². The molecule has 1 aromatic rings. The Morgan fingerprint density at radius 3 is 2.68 bits per heavy atom. The molecule has 1 aliphatic heterocycles. The smallest absolute Gasteiger partial charge is 0.226 e. The van der Waals surface area contributed by atoms with Crippen LogP contribution in [0.15, 0.2) is 24.3 Å². The third-order valence-corrected chi connectivity index (χ3v) is 3.68. The Hall–Kier alpha value is -1.06. The summed E-state index contributed by atoms with van der Waals surface area (Å²) in [4.78, 5) is 14.2. The van der Waals surface area contributed by atoms with Crippen LogP contribution in [-0.2, 0) is 11.2 Å². The Bertz CT molecular complexity index is 405. The first kappa shape index (κ1) is 16.0. The van der Waals surface area contributed by atoms with Crippen LogP contribution in [0.5, 0.6) is 0 Å². The van der Waals surface area contributed by atoms with Crippen LogP contribution in [0, 0.1) is 12.8 Å². The first-order valence-corrected chi connectivity index (χ1v) is 6.72. The quantitative estimate of drug-likeness (QED) is 0.923. The van der Waals surface area contributed by atoms with E-state index in [2.05, 4.69) is 19.1 Å². The Morgan fingerprint density at radius 1 is 1.37 bits per heavy atom. The zero-order valence-corrected chi connectivity index (χ0v) is 12.3. The number of nitrogens with zero attached hydrogens (tertiary/aromatic N) is 1. The van der Waals surface area contributed by atoms with Crippen LogP contribution in [0.25, 0.3) is 0 Å². The molecule has 1 unspecified atom stereocenters. The topological polar surface area (TPSA) is 46.3 Å². The first-order valence-electron chi connectivity index (χ1n) is 6.72. The second-order valence-corrected chi connectivity index (χ2v) is 5.25. The third kappa shape index (κ3) is 4.51. The molecule has 0 aromatic heterocycles. The summed E-state index contributed by atoms with van der Waals surface area (Å²) in [6.07, 6.45) is 2.75. The van der Waals surface area contributed by atoms with Gasteiger partial charge in [-0.05, 0) is 37.8 Å². The average molecular weight is 283 g/mol. The molecule has 1 aromatic carbocycles. The first-order chi connectivity index (χ1) is 8.69. The number of piperidine rings is 1. The fraction of sp³-hybridized carbons (Fsp3) is 0.533. The van der Waals surface area contributed by atoms with E-state index >= 15 is 0 Å². The van der Waals surface area contributed by atoms with Crippen molar-refractivity contribution in [1.29, 1.82) is 0 Å². The van der Waals surface area contributed by atoms with Gasteiger partial charge in [0.1, 0.15) is 0 Å². The zero-order valence-electron chi connectivity index (χ0n) is 11.5. The highest BCUT2D eigenvalue weighted by molar-refractivity contribution is 5.85. The van der Waals surface area contributed by atoms with Crippen molar-refractivity contribution in [1.82, 2.24) is 4.90 Å². The van der Waals surface area contributed by atoms with Crippen molar-refractivity contribution in [2.24, 2.45) is 11.7 Å². The number of aryl methyl sites for hydroxylation is 1. The predicted molar refractivity (Wildman–Crippen MR) is 80.5 cm³/mol. The number of carbonyl (C=O) groups is 1. The molecule has 3 nitrogen and oxygen atoms in total. The van der Waals surface area contributed by atoms with E-state index in [1.807, 2.05) is 17.0 Å². The molecule has 1 aliphatic rings. The summed E-state index contributed by atoms with van der Waals surface area (Å²) in [5, 5.41) is 0. The average Bonchev–Trinajstić information content (AvgIpc) is 2.41. The number of likely N-dealkylation sites (tertiary alicyclic amines) is 1. The fourth-order valence-electron chi connectivity index (χ4n) is 2.48. The SMILES string of the molecule is Cc1ccc(CC(=O)N2CCCC(CN)C2)cc1.Cl. The molecule has 1 amide bonds. The fourth-order valence-corrected chi connectivity index (χ4v) is 2.48. The number of benzene rings is 1. The largest absolute Gasteiger partial charge is 0.342 e. The van der Waals surface area contributed by atoms with Gasteiger partial charge in [0.25, 0.3) is 0 Å². The van der Waals surface area contributed by atoms with Crippen molar-refractivity contribution in [3.8, 4) is 0 Å². The van der Waals surface area contributed by atoms with Crippen LogP contribution in [0.1, 0.15) is 24.0 Å². The van der Waals surface area contributed by atoms with Crippen LogP contribution in [-0.4, -0.2) is 30.4 Å². The van der Waals surface area contributed by atoms with Gasteiger partial charge in [-0.3, -0.25) is 4.79 Å². The minimum Gasteiger partial charge on any atom is -0.342 e. The van der Waals surface area contributed by atoms with Crippen molar-refractivity contribution in [3.05, 3.63) is 35.4 Å². The number of nitrogens with two attached hydrogens (primary N) is 1. The van der Waals surface area contributed by atoms with Gasteiger partial charge in [-0.25, -0.2) is 0 Å². The van der Waals surface area contributed by atoms with Crippen molar-refractivity contribution < 1.29 is 4.79 Å². The standard InChI is InChI=1S/C15H22N2O.ClH/c1-12-4-6-13(7-5-12)9-15(18)17-8-2-3-14(10-16)11-17;/h4-7,14H,2-3,8-11,16H2,1H3;1H. The number of hydrogen-bond acceptors (Lipinski definition) is 2. The summed E-state index contributed by atoms with van der Waals surface area (Å²) in [6, 6.07) is 8.19. The second-order valence-electron chi connectivity index (χ2n) is 5.25. The molecule has 1 heterocycles. The number of hydrogen-bond donors (Lipinski definition) is 1. The maximum Gasteiger partial charge on any atom is 0.226 e. The van der Waals surface area contributed by atoms with Gasteiger partial charge >= 0.3 is 0 Å². The van der Waals surface area contributed by atoms with Gasteiger partial charge in [0.15, 0.2) is 0 Å². The lowest BCUT2D eigenvalue weighted by Gasteiger charge is -2.32. The Labute approximate surface area is 121 Å². The van der Waals surface area contributed by atoms with Crippen molar-refractivity contribution in [3.63, 3.8) is 0 Å². The molecule has 4 heteroatoms. The second kappa shape index (κ2) is 7.51. The number of rotatable bonds is 3. The zero-order chi connectivity index (χ0) is 13.0. The summed E-state index contributed by atoms with van der Waals surface area (Å²) in [5.74, 6) is 0.720. The van der Waals surface area contributed by atoms with Gasteiger partial charge in [0, 0.05) is 13.1 Å².